The minimum absolute atomic E-state index is 0.171. The van der Waals surface area contributed by atoms with E-state index in [2.05, 4.69) is 15.5 Å². The van der Waals surface area contributed by atoms with Gasteiger partial charge < -0.3 is 14.6 Å². The first-order chi connectivity index (χ1) is 11.3. The summed E-state index contributed by atoms with van der Waals surface area (Å²) in [6.07, 6.45) is 1.63. The lowest BCUT2D eigenvalue weighted by Gasteiger charge is -2.04. The van der Waals surface area contributed by atoms with E-state index in [1.165, 1.54) is 0 Å². The van der Waals surface area contributed by atoms with Crippen LogP contribution in [0.15, 0.2) is 59.3 Å². The molecule has 1 N–H and O–H groups in total. The molecule has 1 aromatic carbocycles. The van der Waals surface area contributed by atoms with Crippen molar-refractivity contribution in [2.45, 2.75) is 6.54 Å². The molecular weight excluding hydrogens is 294 g/mol. The second-order valence-corrected chi connectivity index (χ2v) is 4.83. The maximum atomic E-state index is 12.1. The second kappa shape index (κ2) is 6.74. The molecule has 0 radical (unpaired) electrons. The smallest absolute Gasteiger partial charge is 0.290 e. The summed E-state index contributed by atoms with van der Waals surface area (Å²) in [5, 5.41) is 6.70. The second-order valence-electron chi connectivity index (χ2n) is 4.83. The molecule has 1 amide bonds. The summed E-state index contributed by atoms with van der Waals surface area (Å²) < 4.78 is 10.2. The third kappa shape index (κ3) is 3.55. The molecule has 2 aromatic heterocycles. The molecule has 0 fully saturated rings. The van der Waals surface area contributed by atoms with Crippen LogP contribution < -0.4 is 10.1 Å². The lowest BCUT2D eigenvalue weighted by molar-refractivity contribution is 0.0914. The van der Waals surface area contributed by atoms with Gasteiger partial charge in [-0.05, 0) is 11.6 Å². The summed E-state index contributed by atoms with van der Waals surface area (Å²) >= 11 is 0. The number of amides is 1. The number of hydrogen-bond acceptors (Lipinski definition) is 5. The molecule has 23 heavy (non-hydrogen) atoms. The average molecular weight is 309 g/mol. The minimum atomic E-state index is -0.324. The van der Waals surface area contributed by atoms with Gasteiger partial charge in [-0.1, -0.05) is 35.5 Å². The van der Waals surface area contributed by atoms with E-state index in [9.17, 15) is 4.79 Å². The SMILES string of the molecule is COc1cc(CNC(=O)c2cc(-c3ccccc3)no2)ccn1. The van der Waals surface area contributed by atoms with Crippen molar-refractivity contribution in [2.75, 3.05) is 7.11 Å². The monoisotopic (exact) mass is 309 g/mol. The van der Waals surface area contributed by atoms with Crippen LogP contribution in [0, 0.1) is 0 Å². The lowest BCUT2D eigenvalue weighted by atomic mass is 10.1. The lowest BCUT2D eigenvalue weighted by Crippen LogP contribution is -2.22. The van der Waals surface area contributed by atoms with Crippen molar-refractivity contribution >= 4 is 5.91 Å². The van der Waals surface area contributed by atoms with Gasteiger partial charge in [-0.25, -0.2) is 4.98 Å². The van der Waals surface area contributed by atoms with E-state index in [-0.39, 0.29) is 11.7 Å². The maximum Gasteiger partial charge on any atom is 0.290 e. The molecule has 0 saturated heterocycles. The summed E-state index contributed by atoms with van der Waals surface area (Å²) in [5.41, 5.74) is 2.41. The van der Waals surface area contributed by atoms with E-state index in [4.69, 9.17) is 9.26 Å². The standard InChI is InChI=1S/C17H15N3O3/c1-22-16-9-12(7-8-18-16)11-19-17(21)15-10-14(20-23-15)13-5-3-2-4-6-13/h2-10H,11H2,1H3,(H,19,21). The number of ether oxygens (including phenoxy) is 1. The molecule has 0 bridgehead atoms. The maximum absolute atomic E-state index is 12.1. The number of hydrogen-bond donors (Lipinski definition) is 1. The van der Waals surface area contributed by atoms with Crippen molar-refractivity contribution in [2.24, 2.45) is 0 Å². The number of aromatic nitrogens is 2. The molecule has 6 heteroatoms. The molecule has 0 unspecified atom stereocenters. The van der Waals surface area contributed by atoms with Crippen molar-refractivity contribution in [3.63, 3.8) is 0 Å². The molecule has 2 heterocycles. The molecule has 0 spiro atoms. The molecule has 0 aliphatic heterocycles. The van der Waals surface area contributed by atoms with Gasteiger partial charge in [0.05, 0.1) is 7.11 Å². The third-order valence-corrected chi connectivity index (χ3v) is 3.26. The van der Waals surface area contributed by atoms with Gasteiger partial charge in [0, 0.05) is 30.4 Å². The van der Waals surface area contributed by atoms with Gasteiger partial charge >= 0.3 is 0 Å². The first kappa shape index (κ1) is 14.8. The number of benzene rings is 1. The van der Waals surface area contributed by atoms with Crippen molar-refractivity contribution in [3.8, 4) is 17.1 Å². The summed E-state index contributed by atoms with van der Waals surface area (Å²) in [6, 6.07) is 14.7. The first-order valence-electron chi connectivity index (χ1n) is 7.05. The number of nitrogens with one attached hydrogen (secondary N) is 1. The minimum Gasteiger partial charge on any atom is -0.481 e. The van der Waals surface area contributed by atoms with Gasteiger partial charge in [0.1, 0.15) is 5.69 Å². The Morgan fingerprint density at radius 1 is 1.22 bits per heavy atom. The molecule has 116 valence electrons. The van der Waals surface area contributed by atoms with Gasteiger partial charge in [-0.15, -0.1) is 0 Å². The highest BCUT2D eigenvalue weighted by Crippen LogP contribution is 2.18. The molecule has 0 aliphatic rings. The first-order valence-corrected chi connectivity index (χ1v) is 7.05. The number of methoxy groups -OCH3 is 1. The van der Waals surface area contributed by atoms with Gasteiger partial charge in [-0.3, -0.25) is 4.79 Å². The summed E-state index contributed by atoms with van der Waals surface area (Å²) in [6.45, 7) is 0.346. The van der Waals surface area contributed by atoms with E-state index in [1.807, 2.05) is 30.3 Å². The van der Waals surface area contributed by atoms with Crippen LogP contribution in [0.5, 0.6) is 5.88 Å². The Hall–Kier alpha value is -3.15. The summed E-state index contributed by atoms with van der Waals surface area (Å²) in [4.78, 5) is 16.1. The molecule has 6 nitrogen and oxygen atoms in total. The zero-order valence-corrected chi connectivity index (χ0v) is 12.5. The highest BCUT2D eigenvalue weighted by atomic mass is 16.5. The number of carbonyl (C=O) groups excluding carboxylic acids is 1. The normalized spacial score (nSPS) is 10.3. The Morgan fingerprint density at radius 2 is 2.04 bits per heavy atom. The average Bonchev–Trinajstić information content (AvgIpc) is 3.11. The van der Waals surface area contributed by atoms with Crippen molar-refractivity contribution < 1.29 is 14.1 Å². The van der Waals surface area contributed by atoms with Crippen LogP contribution in [0.2, 0.25) is 0 Å². The topological polar surface area (TPSA) is 77.2 Å². The van der Waals surface area contributed by atoms with Gasteiger partial charge in [0.15, 0.2) is 0 Å². The summed E-state index contributed by atoms with van der Waals surface area (Å²) in [5.74, 6) is 0.350. The van der Waals surface area contributed by atoms with Crippen LogP contribution >= 0.6 is 0 Å². The molecular formula is C17H15N3O3. The Balaban J connectivity index is 1.66. The summed E-state index contributed by atoms with van der Waals surface area (Å²) in [7, 11) is 1.55. The van der Waals surface area contributed by atoms with E-state index in [0.717, 1.165) is 11.1 Å². The molecule has 3 aromatic rings. The Kier molecular flexibility index (Phi) is 4.33. The van der Waals surface area contributed by atoms with E-state index in [0.29, 0.717) is 18.1 Å². The van der Waals surface area contributed by atoms with Crippen molar-refractivity contribution in [1.29, 1.82) is 0 Å². The molecule has 0 atom stereocenters. The molecule has 0 aliphatic carbocycles. The fourth-order valence-electron chi connectivity index (χ4n) is 2.07. The highest BCUT2D eigenvalue weighted by Gasteiger charge is 2.13. The molecule has 3 rings (SSSR count). The fourth-order valence-corrected chi connectivity index (χ4v) is 2.07. The highest BCUT2D eigenvalue weighted by molar-refractivity contribution is 5.92. The van der Waals surface area contributed by atoms with Crippen LogP contribution in [0.1, 0.15) is 16.1 Å². The number of carbonyl (C=O) groups is 1. The molecule has 0 saturated carbocycles. The van der Waals surface area contributed by atoms with Crippen molar-refractivity contribution in [1.82, 2.24) is 15.5 Å². The zero-order chi connectivity index (χ0) is 16.1. The number of nitrogens with zero attached hydrogens (tertiary/aromatic N) is 2. The van der Waals surface area contributed by atoms with Crippen LogP contribution in [-0.2, 0) is 6.54 Å². The van der Waals surface area contributed by atoms with E-state index >= 15 is 0 Å². The number of rotatable bonds is 5. The van der Waals surface area contributed by atoms with E-state index in [1.54, 1.807) is 31.5 Å². The number of pyridine rings is 1. The Morgan fingerprint density at radius 3 is 2.83 bits per heavy atom. The Bertz CT molecular complexity index is 800. The largest absolute Gasteiger partial charge is 0.481 e. The van der Waals surface area contributed by atoms with E-state index < -0.39 is 0 Å². The van der Waals surface area contributed by atoms with Crippen LogP contribution in [0.4, 0.5) is 0 Å². The van der Waals surface area contributed by atoms with Gasteiger partial charge in [0.25, 0.3) is 5.91 Å². The Labute approximate surface area is 133 Å². The quantitative estimate of drug-likeness (QED) is 0.784. The van der Waals surface area contributed by atoms with Crippen molar-refractivity contribution in [3.05, 3.63) is 66.1 Å². The van der Waals surface area contributed by atoms with Crippen LogP contribution in [0.3, 0.4) is 0 Å². The van der Waals surface area contributed by atoms with Gasteiger partial charge in [0.2, 0.25) is 11.6 Å². The van der Waals surface area contributed by atoms with Gasteiger partial charge in [-0.2, -0.15) is 0 Å². The fraction of sp³-hybridized carbons (Fsp3) is 0.118. The zero-order valence-electron chi connectivity index (χ0n) is 12.5. The van der Waals surface area contributed by atoms with Crippen LogP contribution in [0.25, 0.3) is 11.3 Å². The predicted molar refractivity (Wildman–Crippen MR) is 83.9 cm³/mol. The third-order valence-electron chi connectivity index (χ3n) is 3.26. The predicted octanol–water partition coefficient (Wildman–Crippen LogP) is 2.68. The van der Waals surface area contributed by atoms with Crippen LogP contribution in [-0.4, -0.2) is 23.2 Å².